The fraction of sp³-hybridized carbons (Fsp3) is 0.452. The maximum atomic E-state index is 12.6. The van der Waals surface area contributed by atoms with E-state index in [1.807, 2.05) is 98.2 Å². The minimum absolute atomic E-state index is 0.0426. The molecule has 17 heteroatoms. The Labute approximate surface area is 350 Å². The van der Waals surface area contributed by atoms with Gasteiger partial charge in [0.2, 0.25) is 5.69 Å². The first-order valence-electron chi connectivity index (χ1n) is 19.2. The Morgan fingerprint density at radius 2 is 1.58 bits per heavy atom. The average molecular weight is 876 g/mol. The number of carboxylic acid groups (broad SMARTS) is 1. The Balaban J connectivity index is 1.70. The average Bonchev–Trinajstić information content (AvgIpc) is 3.55. The van der Waals surface area contributed by atoms with E-state index in [1.54, 1.807) is 6.07 Å². The first-order valence-corrected chi connectivity index (χ1v) is 23.5. The van der Waals surface area contributed by atoms with Gasteiger partial charge in [-0.3, -0.25) is 22.5 Å². The summed E-state index contributed by atoms with van der Waals surface area (Å²) in [6.07, 6.45) is 14.9. The molecule has 14 nitrogen and oxygen atoms in total. The largest absolute Gasteiger partial charge is 0.481 e. The van der Waals surface area contributed by atoms with Crippen LogP contribution in [0.1, 0.15) is 76.0 Å². The zero-order valence-corrected chi connectivity index (χ0v) is 36.8. The molecule has 59 heavy (non-hydrogen) atoms. The van der Waals surface area contributed by atoms with Gasteiger partial charge in [0.15, 0.2) is 16.8 Å². The van der Waals surface area contributed by atoms with Gasteiger partial charge in [0.05, 0.1) is 49.6 Å². The number of fused-ring (bicyclic) bond motifs is 2. The number of ether oxygens (including phenoxy) is 1. The summed E-state index contributed by atoms with van der Waals surface area (Å²) >= 11 is -1.67. The fourth-order valence-corrected chi connectivity index (χ4v) is 9.70. The fourth-order valence-electron chi connectivity index (χ4n) is 7.96. The van der Waals surface area contributed by atoms with Gasteiger partial charge in [0.1, 0.15) is 6.54 Å². The molecule has 2 N–H and O–H groups in total. The molecule has 0 fully saturated rings. The minimum Gasteiger partial charge on any atom is -0.481 e. The van der Waals surface area contributed by atoms with Crippen LogP contribution in [0.15, 0.2) is 89.5 Å². The van der Waals surface area contributed by atoms with Crippen LogP contribution in [0, 0.1) is 0 Å². The summed E-state index contributed by atoms with van der Waals surface area (Å²) < 4.78 is 86.4. The number of anilines is 1. The number of likely N-dealkylation sites (N-methyl/N-ethyl adjacent to an activating group) is 1. The van der Waals surface area contributed by atoms with Crippen LogP contribution < -0.4 is 4.90 Å². The van der Waals surface area contributed by atoms with Crippen LogP contribution in [0.25, 0.3) is 0 Å². The van der Waals surface area contributed by atoms with Gasteiger partial charge in [0.25, 0.3) is 20.2 Å². The highest BCUT2D eigenvalue weighted by molar-refractivity contribution is 7.86. The molecule has 0 spiro atoms. The highest BCUT2D eigenvalue weighted by Gasteiger charge is 2.47. The van der Waals surface area contributed by atoms with Crippen molar-refractivity contribution in [3.8, 4) is 0 Å². The van der Waals surface area contributed by atoms with E-state index in [0.29, 0.717) is 37.1 Å². The second-order valence-electron chi connectivity index (χ2n) is 14.7. The quantitative estimate of drug-likeness (QED) is 0.0456. The highest BCUT2D eigenvalue weighted by Crippen LogP contribution is 2.51. The predicted octanol–water partition coefficient (Wildman–Crippen LogP) is 6.07. The maximum absolute atomic E-state index is 12.6. The van der Waals surface area contributed by atoms with Gasteiger partial charge in [-0.25, -0.2) is 4.21 Å². The van der Waals surface area contributed by atoms with Crippen LogP contribution in [0.2, 0.25) is 0 Å². The Morgan fingerprint density at radius 3 is 2.22 bits per heavy atom. The van der Waals surface area contributed by atoms with E-state index in [1.165, 1.54) is 14.2 Å². The van der Waals surface area contributed by atoms with Gasteiger partial charge in [-0.15, -0.1) is 0 Å². The van der Waals surface area contributed by atoms with Crippen LogP contribution in [0.3, 0.4) is 0 Å². The number of carbonyl (C=O) groups excluding carboxylic acids is 1. The van der Waals surface area contributed by atoms with Crippen molar-refractivity contribution >= 4 is 60.3 Å². The van der Waals surface area contributed by atoms with Crippen LogP contribution in [-0.2, 0) is 71.3 Å². The SMILES string of the molecule is CCN1/C(=C/C=C/C=C/C=C/C2=[N+](CCCS(=O)(=O)O)c3ccc(CC(=O)OC)cc3C2(C)CCCC(=O)O)C(C)(CCCS(=O)(=O)OC)c2cc(S(=O)OC)ccc21. The lowest BCUT2D eigenvalue weighted by Crippen LogP contribution is -2.32. The maximum Gasteiger partial charge on any atom is 0.309 e. The molecule has 0 radical (unpaired) electrons. The first kappa shape index (κ1) is 47.4. The molecule has 2 aliphatic heterocycles. The van der Waals surface area contributed by atoms with Crippen molar-refractivity contribution < 1.29 is 58.0 Å². The van der Waals surface area contributed by atoms with Crippen LogP contribution in [-0.4, -0.2) is 98.9 Å². The lowest BCUT2D eigenvalue weighted by molar-refractivity contribution is -0.437. The lowest BCUT2D eigenvalue weighted by atomic mass is 9.75. The number of methoxy groups -OCH3 is 1. The van der Waals surface area contributed by atoms with Gasteiger partial charge >= 0.3 is 11.9 Å². The van der Waals surface area contributed by atoms with Gasteiger partial charge in [-0.2, -0.15) is 21.4 Å². The molecule has 0 saturated heterocycles. The molecule has 0 aromatic heterocycles. The van der Waals surface area contributed by atoms with Crippen molar-refractivity contribution in [1.82, 2.24) is 0 Å². The summed E-state index contributed by atoms with van der Waals surface area (Å²) in [5.41, 5.74) is 4.63. The van der Waals surface area contributed by atoms with Gasteiger partial charge in [0, 0.05) is 53.9 Å². The number of rotatable bonds is 22. The number of esters is 1. The highest BCUT2D eigenvalue weighted by atomic mass is 32.2. The van der Waals surface area contributed by atoms with Crippen molar-refractivity contribution in [3.63, 3.8) is 0 Å². The number of carboxylic acids is 1. The molecule has 2 aromatic carbocycles. The number of nitrogens with zero attached hydrogens (tertiary/aromatic N) is 2. The van der Waals surface area contributed by atoms with E-state index < -0.39 is 59.8 Å². The Morgan fingerprint density at radius 1 is 0.881 bits per heavy atom. The summed E-state index contributed by atoms with van der Waals surface area (Å²) in [6, 6.07) is 11.1. The Bertz CT molecular complexity index is 2300. The van der Waals surface area contributed by atoms with Crippen LogP contribution in [0.5, 0.6) is 0 Å². The monoisotopic (exact) mass is 875 g/mol. The minimum atomic E-state index is -4.21. The molecular formula is C42H55N2O12S3+. The molecule has 3 unspecified atom stereocenters. The molecular weight excluding hydrogens is 821 g/mol. The van der Waals surface area contributed by atoms with E-state index >= 15 is 0 Å². The molecule has 322 valence electrons. The number of aliphatic carboxylic acids is 1. The number of hydrogen-bond donors (Lipinski definition) is 2. The molecule has 2 aliphatic rings. The van der Waals surface area contributed by atoms with E-state index in [-0.39, 0.29) is 31.6 Å². The van der Waals surface area contributed by atoms with E-state index in [4.69, 9.17) is 8.92 Å². The van der Waals surface area contributed by atoms with E-state index in [9.17, 15) is 40.3 Å². The van der Waals surface area contributed by atoms with E-state index in [2.05, 4.69) is 9.08 Å². The third kappa shape index (κ3) is 11.7. The van der Waals surface area contributed by atoms with Gasteiger partial charge < -0.3 is 14.7 Å². The second kappa shape index (κ2) is 20.3. The molecule has 2 heterocycles. The normalized spacial score (nSPS) is 20.7. The zero-order chi connectivity index (χ0) is 43.6. The summed E-state index contributed by atoms with van der Waals surface area (Å²) in [5.74, 6) is -1.92. The summed E-state index contributed by atoms with van der Waals surface area (Å²) in [4.78, 5) is 26.4. The first-order chi connectivity index (χ1) is 27.8. The molecule has 0 aliphatic carbocycles. The van der Waals surface area contributed by atoms with Crippen molar-refractivity contribution in [2.75, 3.05) is 50.8 Å². The third-order valence-corrected chi connectivity index (χ3v) is 13.9. The number of allylic oxidation sites excluding steroid dienone is 8. The standard InChI is InChI=1S/C42H54N2O12S3/c1-7-43-35-22-20-32(57(48)55-5)30-34(35)42(3,24-14-27-59(52,53)56-6)37(43)16-11-9-8-10-12-17-38-41(2,23-13-18-39(45)46)33-28-31(29-40(47)54-4)19-21-36(33)44(38)25-15-26-58(49,50)51/h8-12,16-17,19-22,28,30H,7,13-15,18,23-27,29H2,1-6H3,(H-,45,46,49,50,51)/p+1. The third-order valence-electron chi connectivity index (χ3n) is 10.9. The lowest BCUT2D eigenvalue weighted by Gasteiger charge is -2.30. The van der Waals surface area contributed by atoms with Crippen molar-refractivity contribution in [1.29, 1.82) is 0 Å². The predicted molar refractivity (Wildman–Crippen MR) is 228 cm³/mol. The van der Waals surface area contributed by atoms with Gasteiger partial charge in [-0.05, 0) is 87.9 Å². The van der Waals surface area contributed by atoms with Crippen LogP contribution >= 0.6 is 0 Å². The molecule has 0 bridgehead atoms. The zero-order valence-electron chi connectivity index (χ0n) is 34.4. The van der Waals surface area contributed by atoms with Crippen molar-refractivity contribution in [2.24, 2.45) is 0 Å². The van der Waals surface area contributed by atoms with Crippen molar-refractivity contribution in [3.05, 3.63) is 101 Å². The van der Waals surface area contributed by atoms with E-state index in [0.717, 1.165) is 46.6 Å². The number of benzene rings is 2. The Hall–Kier alpha value is -4.26. The molecule has 0 amide bonds. The van der Waals surface area contributed by atoms with Crippen molar-refractivity contribution in [2.45, 2.75) is 81.4 Å². The molecule has 0 saturated carbocycles. The molecule has 3 atom stereocenters. The Kier molecular flexibility index (Phi) is 16.3. The summed E-state index contributed by atoms with van der Waals surface area (Å²) in [5, 5.41) is 9.45. The summed E-state index contributed by atoms with van der Waals surface area (Å²) in [7, 11) is -4.06. The topological polar surface area (TPSA) is 194 Å². The number of carbonyl (C=O) groups is 2. The summed E-state index contributed by atoms with van der Waals surface area (Å²) in [6.45, 7) is 6.95. The van der Waals surface area contributed by atoms with Crippen LogP contribution in [0.4, 0.5) is 11.4 Å². The number of hydrogen-bond acceptors (Lipinski definition) is 11. The second-order valence-corrected chi connectivity index (χ2v) is 19.4. The van der Waals surface area contributed by atoms with Gasteiger partial charge in [-0.1, -0.05) is 36.4 Å². The molecule has 2 aromatic rings. The smallest absolute Gasteiger partial charge is 0.309 e. The molecule has 4 rings (SSSR count).